The fraction of sp³-hybridized carbons (Fsp3) is 0.778. The molecule has 0 radical (unpaired) electrons. The monoisotopic (exact) mass is 128 g/mol. The number of hydrogen-bond acceptors (Lipinski definition) is 0. The van der Waals surface area contributed by atoms with Crippen LogP contribution in [0.3, 0.4) is 0 Å². The average Bonchev–Trinajstić information content (AvgIpc) is 2.77. The fourth-order valence-corrected chi connectivity index (χ4v) is 0. The predicted octanol–water partition coefficient (Wildman–Crippen LogP) is 3.78. The molecule has 0 amide bonds. The largest absolute Gasteiger partial charge is 0.103 e. The van der Waals surface area contributed by atoms with Gasteiger partial charge in [0.25, 0.3) is 0 Å². The van der Waals surface area contributed by atoms with Gasteiger partial charge in [0.1, 0.15) is 0 Å². The van der Waals surface area contributed by atoms with Gasteiger partial charge in [-0.1, -0.05) is 46.1 Å². The van der Waals surface area contributed by atoms with Crippen molar-refractivity contribution < 1.29 is 0 Å². The van der Waals surface area contributed by atoms with E-state index in [2.05, 4.69) is 13.5 Å². The molecule has 0 heterocycles. The summed E-state index contributed by atoms with van der Waals surface area (Å²) in [5, 5.41) is 0. The molecule has 0 N–H and O–H groups in total. The minimum atomic E-state index is 1.08. The van der Waals surface area contributed by atoms with E-state index in [9.17, 15) is 0 Å². The lowest BCUT2D eigenvalue weighted by molar-refractivity contribution is 1.23. The van der Waals surface area contributed by atoms with Crippen LogP contribution >= 0.6 is 0 Å². The molecule has 1 aliphatic rings. The summed E-state index contributed by atoms with van der Waals surface area (Å²) in [4.78, 5) is 0. The summed E-state index contributed by atoms with van der Waals surface area (Å²) in [5.74, 6) is 0. The second-order valence-electron chi connectivity index (χ2n) is 1.76. The number of rotatable bonds is 1. The summed E-state index contributed by atoms with van der Waals surface area (Å²) in [6, 6.07) is 0. The highest BCUT2D eigenvalue weighted by Crippen LogP contribution is 2.14. The molecule has 0 nitrogen and oxygen atoms in total. The zero-order valence-corrected chi connectivity index (χ0v) is 7.11. The van der Waals surface area contributed by atoms with Gasteiger partial charge in [0, 0.05) is 0 Å². The Morgan fingerprint density at radius 2 is 1.44 bits per heavy atom. The first kappa shape index (κ1) is 11.5. The maximum Gasteiger partial charge on any atom is -0.0382 e. The maximum absolute atomic E-state index is 3.48. The van der Waals surface area contributed by atoms with E-state index >= 15 is 0 Å². The van der Waals surface area contributed by atoms with Gasteiger partial charge in [-0.2, -0.15) is 0 Å². The molecular weight excluding hydrogens is 108 g/mol. The smallest absolute Gasteiger partial charge is 0.0382 e. The summed E-state index contributed by atoms with van der Waals surface area (Å²) < 4.78 is 0. The van der Waals surface area contributed by atoms with E-state index in [1.54, 1.807) is 0 Å². The van der Waals surface area contributed by atoms with Crippen LogP contribution in [-0.4, -0.2) is 0 Å². The van der Waals surface area contributed by atoms with Crippen molar-refractivity contribution in [1.82, 2.24) is 0 Å². The van der Waals surface area contributed by atoms with Gasteiger partial charge in [-0.15, -0.1) is 6.58 Å². The number of hydrogen-bond donors (Lipinski definition) is 0. The summed E-state index contributed by atoms with van der Waals surface area (Å²) >= 11 is 0. The van der Waals surface area contributed by atoms with Crippen molar-refractivity contribution in [1.29, 1.82) is 0 Å². The van der Waals surface area contributed by atoms with Crippen LogP contribution in [-0.2, 0) is 0 Å². The standard InChI is InChI=1S/C4H8.C3H6.C2H6/c1-3-4-2;1-2-3-1;1-2/h3H,1,4H2,2H3;1-3H2;1-2H3. The van der Waals surface area contributed by atoms with E-state index in [0.717, 1.165) is 6.42 Å². The van der Waals surface area contributed by atoms with E-state index < -0.39 is 0 Å². The lowest BCUT2D eigenvalue weighted by atomic mass is 10.5. The molecule has 0 saturated heterocycles. The Bertz CT molecular complexity index is 32.5. The van der Waals surface area contributed by atoms with E-state index in [0.29, 0.717) is 0 Å². The molecule has 0 aliphatic heterocycles. The first-order valence-corrected chi connectivity index (χ1v) is 4.02. The second-order valence-corrected chi connectivity index (χ2v) is 1.76. The Morgan fingerprint density at radius 3 is 1.44 bits per heavy atom. The van der Waals surface area contributed by atoms with Crippen LogP contribution in [0.25, 0.3) is 0 Å². The minimum absolute atomic E-state index is 1.08. The summed E-state index contributed by atoms with van der Waals surface area (Å²) in [6.45, 7) is 9.54. The van der Waals surface area contributed by atoms with Crippen molar-refractivity contribution in [3.05, 3.63) is 12.7 Å². The van der Waals surface area contributed by atoms with Crippen LogP contribution in [0.15, 0.2) is 12.7 Å². The van der Waals surface area contributed by atoms with Gasteiger partial charge in [0.05, 0.1) is 0 Å². The molecule has 0 aromatic heterocycles. The highest BCUT2D eigenvalue weighted by Gasteiger charge is 1.95. The highest BCUT2D eigenvalue weighted by atomic mass is 14.0. The summed E-state index contributed by atoms with van der Waals surface area (Å²) in [5.41, 5.74) is 0. The van der Waals surface area contributed by atoms with Gasteiger partial charge in [-0.25, -0.2) is 0 Å². The first-order chi connectivity index (χ1) is 4.41. The van der Waals surface area contributed by atoms with Gasteiger partial charge < -0.3 is 0 Å². The van der Waals surface area contributed by atoms with Crippen LogP contribution < -0.4 is 0 Å². The van der Waals surface area contributed by atoms with Gasteiger partial charge in [-0.05, 0) is 6.42 Å². The van der Waals surface area contributed by atoms with Crippen molar-refractivity contribution in [2.24, 2.45) is 0 Å². The fourth-order valence-electron chi connectivity index (χ4n) is 0. The molecule has 1 rings (SSSR count). The highest BCUT2D eigenvalue weighted by molar-refractivity contribution is 4.60. The van der Waals surface area contributed by atoms with Gasteiger partial charge in [0.2, 0.25) is 0 Å². The van der Waals surface area contributed by atoms with Crippen molar-refractivity contribution in [3.8, 4) is 0 Å². The van der Waals surface area contributed by atoms with Crippen LogP contribution in [0.4, 0.5) is 0 Å². The number of allylic oxidation sites excluding steroid dienone is 1. The molecular formula is C9H20. The zero-order chi connectivity index (χ0) is 7.54. The zero-order valence-electron chi connectivity index (χ0n) is 7.11. The quantitative estimate of drug-likeness (QED) is 0.471. The second kappa shape index (κ2) is 15.6. The summed E-state index contributed by atoms with van der Waals surface area (Å²) in [7, 11) is 0. The van der Waals surface area contributed by atoms with Crippen LogP contribution in [0.5, 0.6) is 0 Å². The molecule has 9 heavy (non-hydrogen) atoms. The predicted molar refractivity (Wildman–Crippen MR) is 45.7 cm³/mol. The van der Waals surface area contributed by atoms with Gasteiger partial charge in [0.15, 0.2) is 0 Å². The Morgan fingerprint density at radius 1 is 1.22 bits per heavy atom. The Labute approximate surface area is 60.0 Å². The third-order valence-electron chi connectivity index (χ3n) is 0.642. The Hall–Kier alpha value is -0.260. The van der Waals surface area contributed by atoms with Crippen LogP contribution in [0.1, 0.15) is 46.5 Å². The lowest BCUT2D eigenvalue weighted by Crippen LogP contribution is -1.36. The minimum Gasteiger partial charge on any atom is -0.103 e. The molecule has 1 aliphatic carbocycles. The molecule has 1 fully saturated rings. The third kappa shape index (κ3) is 84.2. The molecule has 0 unspecified atom stereocenters. The van der Waals surface area contributed by atoms with E-state index in [-0.39, 0.29) is 0 Å². The van der Waals surface area contributed by atoms with E-state index in [1.165, 1.54) is 19.3 Å². The van der Waals surface area contributed by atoms with Crippen LogP contribution in [0.2, 0.25) is 0 Å². The molecule has 1 saturated carbocycles. The maximum atomic E-state index is 3.48. The molecule has 0 spiro atoms. The Kier molecular flexibility index (Phi) is 20.0. The van der Waals surface area contributed by atoms with Crippen molar-refractivity contribution in [3.63, 3.8) is 0 Å². The van der Waals surface area contributed by atoms with Crippen molar-refractivity contribution >= 4 is 0 Å². The molecule has 0 aromatic carbocycles. The SMILES string of the molecule is C1CC1.C=CCC.CC. The van der Waals surface area contributed by atoms with Gasteiger partial charge in [-0.3, -0.25) is 0 Å². The third-order valence-corrected chi connectivity index (χ3v) is 0.642. The van der Waals surface area contributed by atoms with Crippen molar-refractivity contribution in [2.45, 2.75) is 46.5 Å². The van der Waals surface area contributed by atoms with Crippen molar-refractivity contribution in [2.75, 3.05) is 0 Å². The lowest BCUT2D eigenvalue weighted by Gasteiger charge is -1.57. The topological polar surface area (TPSA) is 0 Å². The summed E-state index contributed by atoms with van der Waals surface area (Å²) in [6.07, 6.45) is 7.46. The molecule has 0 heteroatoms. The molecule has 0 aromatic rings. The van der Waals surface area contributed by atoms with Gasteiger partial charge >= 0.3 is 0 Å². The molecule has 0 atom stereocenters. The van der Waals surface area contributed by atoms with E-state index in [4.69, 9.17) is 0 Å². The van der Waals surface area contributed by atoms with Crippen LogP contribution in [0, 0.1) is 0 Å². The first-order valence-electron chi connectivity index (χ1n) is 4.02. The molecule has 0 bridgehead atoms. The molecule has 56 valence electrons. The van der Waals surface area contributed by atoms with E-state index in [1.807, 2.05) is 19.9 Å². The average molecular weight is 128 g/mol. The Balaban J connectivity index is 0. The normalized spacial score (nSPS) is 11.4.